The van der Waals surface area contributed by atoms with E-state index in [9.17, 15) is 8.42 Å². The van der Waals surface area contributed by atoms with Crippen LogP contribution in [-0.2, 0) is 10.0 Å². The van der Waals surface area contributed by atoms with E-state index in [1.54, 1.807) is 13.8 Å². The smallest absolute Gasteiger partial charge is 0.244 e. The van der Waals surface area contributed by atoms with Crippen LogP contribution in [-0.4, -0.2) is 22.6 Å². The Morgan fingerprint density at radius 2 is 1.85 bits per heavy atom. The number of nitrogens with two attached hydrogens (primary N) is 1. The first-order valence-corrected chi connectivity index (χ1v) is 10.1. The highest BCUT2D eigenvalue weighted by molar-refractivity contribution is 7.90. The van der Waals surface area contributed by atoms with E-state index >= 15 is 0 Å². The molecule has 0 saturated heterocycles. The second-order valence-corrected chi connectivity index (χ2v) is 8.76. The molecule has 1 heterocycles. The van der Waals surface area contributed by atoms with Crippen LogP contribution in [0.1, 0.15) is 38.3 Å². The van der Waals surface area contributed by atoms with Crippen LogP contribution >= 0.6 is 0 Å². The van der Waals surface area contributed by atoms with E-state index < -0.39 is 15.3 Å². The summed E-state index contributed by atoms with van der Waals surface area (Å²) in [5, 5.41) is -0.592. The van der Waals surface area contributed by atoms with Gasteiger partial charge in [-0.15, -0.1) is 0 Å². The summed E-state index contributed by atoms with van der Waals surface area (Å²) in [7, 11) is -3.60. The van der Waals surface area contributed by atoms with Crippen molar-refractivity contribution in [1.82, 2.24) is 8.96 Å². The first-order valence-electron chi connectivity index (χ1n) is 8.64. The molecular weight excluding hydrogens is 346 g/mol. The molecule has 6 heteroatoms. The van der Waals surface area contributed by atoms with Crippen molar-refractivity contribution in [2.45, 2.75) is 32.4 Å². The third kappa shape index (κ3) is 3.12. The Morgan fingerprint density at radius 3 is 2.46 bits per heavy atom. The van der Waals surface area contributed by atoms with Gasteiger partial charge in [0, 0.05) is 0 Å². The first-order chi connectivity index (χ1) is 12.4. The first kappa shape index (κ1) is 18.2. The third-order valence-electron chi connectivity index (χ3n) is 4.29. The summed E-state index contributed by atoms with van der Waals surface area (Å²) in [6.45, 7) is 5.35. The molecule has 26 heavy (non-hydrogen) atoms. The predicted molar refractivity (Wildman–Crippen MR) is 107 cm³/mol. The number of fused-ring (bicyclic) bond motifs is 1. The SMILES string of the molecule is CCC=C(c1ccccc1)c1ccc2nc(N)n(S(=O)(=O)C(C)C)c2c1. The minimum Gasteiger partial charge on any atom is -0.368 e. The second kappa shape index (κ2) is 6.96. The zero-order chi connectivity index (χ0) is 18.9. The molecule has 0 bridgehead atoms. The quantitative estimate of drug-likeness (QED) is 0.736. The van der Waals surface area contributed by atoms with Gasteiger partial charge < -0.3 is 5.73 Å². The van der Waals surface area contributed by atoms with E-state index in [1.807, 2.05) is 48.5 Å². The molecule has 0 atom stereocenters. The van der Waals surface area contributed by atoms with Gasteiger partial charge in [-0.2, -0.15) is 0 Å². The molecule has 0 amide bonds. The lowest BCUT2D eigenvalue weighted by Crippen LogP contribution is -2.23. The van der Waals surface area contributed by atoms with E-state index in [2.05, 4.69) is 18.0 Å². The van der Waals surface area contributed by atoms with E-state index in [0.717, 1.165) is 27.1 Å². The fraction of sp³-hybridized carbons (Fsp3) is 0.250. The number of benzene rings is 2. The molecular formula is C20H23N3O2S. The van der Waals surface area contributed by atoms with Crippen molar-refractivity contribution in [2.75, 3.05) is 5.73 Å². The summed E-state index contributed by atoms with van der Waals surface area (Å²) in [5.41, 5.74) is 10.1. The molecule has 0 aliphatic rings. The number of nitrogen functional groups attached to an aromatic ring is 1. The normalized spacial score (nSPS) is 12.8. The van der Waals surface area contributed by atoms with Crippen LogP contribution in [0.5, 0.6) is 0 Å². The van der Waals surface area contributed by atoms with Crippen LogP contribution in [0.2, 0.25) is 0 Å². The van der Waals surface area contributed by atoms with Crippen molar-refractivity contribution < 1.29 is 8.42 Å². The van der Waals surface area contributed by atoms with Gasteiger partial charge >= 0.3 is 0 Å². The number of allylic oxidation sites excluding steroid dienone is 1. The zero-order valence-electron chi connectivity index (χ0n) is 15.2. The minimum absolute atomic E-state index is 0.00779. The average Bonchev–Trinajstić information content (AvgIpc) is 2.95. The Hall–Kier alpha value is -2.60. The number of anilines is 1. The minimum atomic E-state index is -3.60. The molecule has 0 fully saturated rings. The van der Waals surface area contributed by atoms with Crippen molar-refractivity contribution in [3.8, 4) is 0 Å². The maximum atomic E-state index is 12.7. The number of rotatable bonds is 5. The highest BCUT2D eigenvalue weighted by Crippen LogP contribution is 2.29. The molecule has 0 saturated carbocycles. The molecule has 0 radical (unpaired) electrons. The maximum Gasteiger partial charge on any atom is 0.244 e. The highest BCUT2D eigenvalue weighted by Gasteiger charge is 2.24. The highest BCUT2D eigenvalue weighted by atomic mass is 32.2. The summed E-state index contributed by atoms with van der Waals surface area (Å²) in [6, 6.07) is 15.7. The van der Waals surface area contributed by atoms with Gasteiger partial charge in [-0.3, -0.25) is 0 Å². The van der Waals surface area contributed by atoms with Crippen LogP contribution in [0, 0.1) is 0 Å². The van der Waals surface area contributed by atoms with Crippen LogP contribution in [0.25, 0.3) is 16.6 Å². The lowest BCUT2D eigenvalue weighted by molar-refractivity contribution is 0.580. The van der Waals surface area contributed by atoms with Gasteiger partial charge in [0.15, 0.2) is 0 Å². The summed E-state index contributed by atoms with van der Waals surface area (Å²) in [4.78, 5) is 4.22. The van der Waals surface area contributed by atoms with Crippen LogP contribution in [0.4, 0.5) is 5.95 Å². The zero-order valence-corrected chi connectivity index (χ0v) is 16.0. The van der Waals surface area contributed by atoms with Crippen molar-refractivity contribution in [3.63, 3.8) is 0 Å². The molecule has 2 N–H and O–H groups in total. The van der Waals surface area contributed by atoms with Crippen LogP contribution in [0.3, 0.4) is 0 Å². The van der Waals surface area contributed by atoms with Crippen molar-refractivity contribution in [1.29, 1.82) is 0 Å². The molecule has 5 nitrogen and oxygen atoms in total. The van der Waals surface area contributed by atoms with Gasteiger partial charge in [-0.05, 0) is 49.1 Å². The van der Waals surface area contributed by atoms with Gasteiger partial charge in [0.1, 0.15) is 0 Å². The number of hydrogen-bond donors (Lipinski definition) is 1. The Bertz CT molecular complexity index is 1070. The molecule has 136 valence electrons. The van der Waals surface area contributed by atoms with Crippen LogP contribution in [0.15, 0.2) is 54.6 Å². The molecule has 0 spiro atoms. The number of aromatic nitrogens is 2. The van der Waals surface area contributed by atoms with Crippen molar-refractivity contribution in [2.24, 2.45) is 0 Å². The van der Waals surface area contributed by atoms with E-state index in [4.69, 9.17) is 5.73 Å². The Kier molecular flexibility index (Phi) is 4.87. The maximum absolute atomic E-state index is 12.7. The topological polar surface area (TPSA) is 78.0 Å². The molecule has 0 aliphatic heterocycles. The summed E-state index contributed by atoms with van der Waals surface area (Å²) < 4.78 is 26.6. The molecule has 2 aromatic carbocycles. The fourth-order valence-corrected chi connectivity index (χ4v) is 4.09. The number of imidazole rings is 1. The van der Waals surface area contributed by atoms with Gasteiger partial charge in [-0.1, -0.05) is 49.4 Å². The van der Waals surface area contributed by atoms with Gasteiger partial charge in [0.2, 0.25) is 16.0 Å². The summed E-state index contributed by atoms with van der Waals surface area (Å²) >= 11 is 0. The molecule has 1 aromatic heterocycles. The Labute approximate surface area is 154 Å². The largest absolute Gasteiger partial charge is 0.368 e. The Balaban J connectivity index is 2.25. The van der Waals surface area contributed by atoms with E-state index in [1.165, 1.54) is 0 Å². The van der Waals surface area contributed by atoms with Crippen LogP contribution < -0.4 is 5.73 Å². The van der Waals surface area contributed by atoms with Gasteiger partial charge in [0.05, 0.1) is 16.3 Å². The summed E-state index contributed by atoms with van der Waals surface area (Å²) in [6.07, 6.45) is 3.01. The monoisotopic (exact) mass is 369 g/mol. The Morgan fingerprint density at radius 1 is 1.15 bits per heavy atom. The molecule has 0 aliphatic carbocycles. The predicted octanol–water partition coefficient (Wildman–Crippen LogP) is 4.05. The fourth-order valence-electron chi connectivity index (χ4n) is 2.94. The molecule has 3 aromatic rings. The number of hydrogen-bond acceptors (Lipinski definition) is 4. The standard InChI is InChI=1S/C20H23N3O2S/c1-4-8-17(15-9-6-5-7-10-15)16-11-12-18-19(13-16)23(20(21)22-18)26(24,25)14(2)3/h5-14H,4H2,1-3H3,(H2,21,22). The van der Waals surface area contributed by atoms with E-state index in [0.29, 0.717) is 11.0 Å². The summed E-state index contributed by atoms with van der Waals surface area (Å²) in [5.74, 6) is -0.00779. The lowest BCUT2D eigenvalue weighted by atomic mass is 9.96. The second-order valence-electron chi connectivity index (χ2n) is 6.42. The van der Waals surface area contributed by atoms with Gasteiger partial charge in [-0.25, -0.2) is 17.4 Å². The van der Waals surface area contributed by atoms with E-state index in [-0.39, 0.29) is 5.95 Å². The van der Waals surface area contributed by atoms with Crippen molar-refractivity contribution >= 4 is 32.6 Å². The average molecular weight is 369 g/mol. The third-order valence-corrected chi connectivity index (χ3v) is 6.38. The molecule has 3 rings (SSSR count). The van der Waals surface area contributed by atoms with Gasteiger partial charge in [0.25, 0.3) is 0 Å². The molecule has 0 unspecified atom stereocenters. The lowest BCUT2D eigenvalue weighted by Gasteiger charge is -2.12. The number of nitrogens with zero attached hydrogens (tertiary/aromatic N) is 2. The van der Waals surface area contributed by atoms with Crippen molar-refractivity contribution in [3.05, 3.63) is 65.7 Å².